The monoisotopic (exact) mass is 340 g/mol. The second-order valence-electron chi connectivity index (χ2n) is 5.97. The Bertz CT molecular complexity index is 496. The molecular weight excluding hydrogens is 312 g/mol. The number of rotatable bonds is 7. The SMILES string of the molecule is CCOc1ccccc1C(CC)NC(=O)[C@@H]1CCC[C@@H]1CN.Cl. The number of amides is 1. The lowest BCUT2D eigenvalue weighted by atomic mass is 9.94. The lowest BCUT2D eigenvalue weighted by molar-refractivity contribution is -0.126. The molecular formula is C18H29ClN2O2. The molecule has 1 fully saturated rings. The zero-order valence-corrected chi connectivity index (χ0v) is 14.9. The second kappa shape index (κ2) is 9.78. The van der Waals surface area contributed by atoms with Crippen molar-refractivity contribution in [3.05, 3.63) is 29.8 Å². The van der Waals surface area contributed by atoms with Gasteiger partial charge in [-0.3, -0.25) is 4.79 Å². The lowest BCUT2D eigenvalue weighted by Gasteiger charge is -2.24. The Morgan fingerprint density at radius 1 is 1.35 bits per heavy atom. The minimum atomic E-state index is -0.00530. The van der Waals surface area contributed by atoms with Gasteiger partial charge in [0, 0.05) is 11.5 Å². The van der Waals surface area contributed by atoms with E-state index in [-0.39, 0.29) is 30.3 Å². The van der Waals surface area contributed by atoms with E-state index in [9.17, 15) is 4.79 Å². The van der Waals surface area contributed by atoms with Crippen LogP contribution in [0.25, 0.3) is 0 Å². The van der Waals surface area contributed by atoms with Gasteiger partial charge in [0.1, 0.15) is 5.75 Å². The van der Waals surface area contributed by atoms with Crippen LogP contribution in [0, 0.1) is 11.8 Å². The summed E-state index contributed by atoms with van der Waals surface area (Å²) >= 11 is 0. The van der Waals surface area contributed by atoms with E-state index in [2.05, 4.69) is 12.2 Å². The number of carbonyl (C=O) groups excluding carboxylic acids is 1. The van der Waals surface area contributed by atoms with Crippen molar-refractivity contribution in [2.24, 2.45) is 17.6 Å². The van der Waals surface area contributed by atoms with E-state index in [1.54, 1.807) is 0 Å². The highest BCUT2D eigenvalue weighted by Gasteiger charge is 2.33. The summed E-state index contributed by atoms with van der Waals surface area (Å²) < 4.78 is 5.70. The Morgan fingerprint density at radius 2 is 2.09 bits per heavy atom. The summed E-state index contributed by atoms with van der Waals surface area (Å²) in [5.74, 6) is 1.41. The summed E-state index contributed by atoms with van der Waals surface area (Å²) in [7, 11) is 0. The van der Waals surface area contributed by atoms with Crippen molar-refractivity contribution >= 4 is 18.3 Å². The molecule has 1 aliphatic carbocycles. The molecule has 0 aromatic heterocycles. The van der Waals surface area contributed by atoms with E-state index >= 15 is 0 Å². The Balaban J connectivity index is 0.00000264. The van der Waals surface area contributed by atoms with Crippen LogP contribution < -0.4 is 15.8 Å². The number of nitrogens with one attached hydrogen (secondary N) is 1. The highest BCUT2D eigenvalue weighted by atomic mass is 35.5. The van der Waals surface area contributed by atoms with Crippen LogP contribution in [-0.2, 0) is 4.79 Å². The average molecular weight is 341 g/mol. The smallest absolute Gasteiger partial charge is 0.223 e. The minimum absolute atomic E-state index is 0. The van der Waals surface area contributed by atoms with Gasteiger partial charge < -0.3 is 15.8 Å². The van der Waals surface area contributed by atoms with Crippen molar-refractivity contribution in [2.45, 2.75) is 45.6 Å². The van der Waals surface area contributed by atoms with E-state index in [4.69, 9.17) is 10.5 Å². The Morgan fingerprint density at radius 3 is 2.74 bits per heavy atom. The Labute approximate surface area is 145 Å². The highest BCUT2D eigenvalue weighted by Crippen LogP contribution is 2.33. The first-order chi connectivity index (χ1) is 10.7. The molecule has 0 spiro atoms. The molecule has 1 aromatic rings. The maximum atomic E-state index is 12.6. The second-order valence-corrected chi connectivity index (χ2v) is 5.97. The molecule has 0 saturated heterocycles. The number of halogens is 1. The van der Waals surface area contributed by atoms with E-state index in [1.165, 1.54) is 0 Å². The third kappa shape index (κ3) is 4.85. The maximum Gasteiger partial charge on any atom is 0.223 e. The van der Waals surface area contributed by atoms with Crippen molar-refractivity contribution in [1.29, 1.82) is 0 Å². The fraction of sp³-hybridized carbons (Fsp3) is 0.611. The van der Waals surface area contributed by atoms with Crippen LogP contribution in [0.1, 0.15) is 51.1 Å². The van der Waals surface area contributed by atoms with Gasteiger partial charge in [-0.2, -0.15) is 0 Å². The standard InChI is InChI=1S/C18H28N2O2.ClH/c1-3-16(15-9-5-6-11-17(15)22-4-2)20-18(21)14-10-7-8-13(14)12-19;/h5-6,9,11,13-14,16H,3-4,7-8,10,12,19H2,1-2H3,(H,20,21);1H/t13-,14-,16?;/m1./s1. The molecule has 3 atom stereocenters. The van der Waals surface area contributed by atoms with Crippen molar-refractivity contribution in [1.82, 2.24) is 5.32 Å². The van der Waals surface area contributed by atoms with Gasteiger partial charge >= 0.3 is 0 Å². The van der Waals surface area contributed by atoms with E-state index in [1.807, 2.05) is 31.2 Å². The van der Waals surface area contributed by atoms with Crippen LogP contribution in [0.5, 0.6) is 5.75 Å². The molecule has 1 amide bonds. The summed E-state index contributed by atoms with van der Waals surface area (Å²) in [5.41, 5.74) is 6.86. The first-order valence-electron chi connectivity index (χ1n) is 8.43. The van der Waals surface area contributed by atoms with Gasteiger partial charge in [0.25, 0.3) is 0 Å². The van der Waals surface area contributed by atoms with Gasteiger partial charge in [0.05, 0.1) is 12.6 Å². The molecule has 0 heterocycles. The summed E-state index contributed by atoms with van der Waals surface area (Å²) in [5, 5.41) is 3.21. The largest absolute Gasteiger partial charge is 0.494 e. The minimum Gasteiger partial charge on any atom is -0.494 e. The average Bonchev–Trinajstić information content (AvgIpc) is 3.02. The first kappa shape index (κ1) is 19.8. The van der Waals surface area contributed by atoms with Crippen molar-refractivity contribution < 1.29 is 9.53 Å². The van der Waals surface area contributed by atoms with Gasteiger partial charge in [0.15, 0.2) is 0 Å². The predicted molar refractivity (Wildman–Crippen MR) is 95.9 cm³/mol. The van der Waals surface area contributed by atoms with Gasteiger partial charge in [-0.1, -0.05) is 31.5 Å². The molecule has 1 saturated carbocycles. The topological polar surface area (TPSA) is 64.3 Å². The quantitative estimate of drug-likeness (QED) is 0.799. The van der Waals surface area contributed by atoms with Crippen LogP contribution in [0.15, 0.2) is 24.3 Å². The zero-order chi connectivity index (χ0) is 15.9. The van der Waals surface area contributed by atoms with Crippen LogP contribution in [0.2, 0.25) is 0 Å². The predicted octanol–water partition coefficient (Wildman–Crippen LogP) is 3.45. The van der Waals surface area contributed by atoms with Gasteiger partial charge in [-0.25, -0.2) is 0 Å². The number of nitrogens with two attached hydrogens (primary N) is 1. The fourth-order valence-electron chi connectivity index (χ4n) is 3.40. The van der Waals surface area contributed by atoms with E-state index in [0.29, 0.717) is 19.1 Å². The van der Waals surface area contributed by atoms with Crippen molar-refractivity contribution in [2.75, 3.05) is 13.2 Å². The summed E-state index contributed by atoms with van der Waals surface area (Å²) in [6.07, 6.45) is 3.97. The zero-order valence-electron chi connectivity index (χ0n) is 14.1. The summed E-state index contributed by atoms with van der Waals surface area (Å²) in [4.78, 5) is 12.6. The number of ether oxygens (including phenoxy) is 1. The van der Waals surface area contributed by atoms with Gasteiger partial charge in [0.2, 0.25) is 5.91 Å². The van der Waals surface area contributed by atoms with Crippen molar-refractivity contribution in [3.8, 4) is 5.75 Å². The number of carbonyl (C=O) groups is 1. The molecule has 2 rings (SSSR count). The van der Waals surface area contributed by atoms with Crippen LogP contribution >= 0.6 is 12.4 Å². The highest BCUT2D eigenvalue weighted by molar-refractivity contribution is 5.85. The lowest BCUT2D eigenvalue weighted by Crippen LogP contribution is -2.37. The van der Waals surface area contributed by atoms with E-state index < -0.39 is 0 Å². The van der Waals surface area contributed by atoms with Crippen LogP contribution in [0.4, 0.5) is 0 Å². The molecule has 1 aromatic carbocycles. The first-order valence-corrected chi connectivity index (χ1v) is 8.43. The number of benzene rings is 1. The molecule has 1 unspecified atom stereocenters. The Kier molecular flexibility index (Phi) is 8.42. The molecule has 4 nitrogen and oxygen atoms in total. The fourth-order valence-corrected chi connectivity index (χ4v) is 3.40. The number of hydrogen-bond acceptors (Lipinski definition) is 3. The molecule has 5 heteroatoms. The molecule has 0 bridgehead atoms. The summed E-state index contributed by atoms with van der Waals surface area (Å²) in [6, 6.07) is 7.95. The van der Waals surface area contributed by atoms with Crippen LogP contribution in [0.3, 0.4) is 0 Å². The molecule has 130 valence electrons. The molecule has 1 aliphatic rings. The molecule has 0 aliphatic heterocycles. The number of para-hydroxylation sites is 1. The van der Waals surface area contributed by atoms with Crippen LogP contribution in [-0.4, -0.2) is 19.1 Å². The normalized spacial score (nSPS) is 21.3. The van der Waals surface area contributed by atoms with E-state index in [0.717, 1.165) is 37.0 Å². The third-order valence-electron chi connectivity index (χ3n) is 4.62. The molecule has 23 heavy (non-hydrogen) atoms. The van der Waals surface area contributed by atoms with Gasteiger partial charge in [-0.15, -0.1) is 12.4 Å². The maximum absolute atomic E-state index is 12.6. The third-order valence-corrected chi connectivity index (χ3v) is 4.62. The van der Waals surface area contributed by atoms with Crippen molar-refractivity contribution in [3.63, 3.8) is 0 Å². The molecule has 0 radical (unpaired) electrons. The van der Waals surface area contributed by atoms with Gasteiger partial charge in [-0.05, 0) is 44.7 Å². The number of hydrogen-bond donors (Lipinski definition) is 2. The Hall–Kier alpha value is -1.26. The molecule has 3 N–H and O–H groups in total. The summed E-state index contributed by atoms with van der Waals surface area (Å²) in [6.45, 7) is 5.28.